The highest BCUT2D eigenvalue weighted by molar-refractivity contribution is 5.82. The van der Waals surface area contributed by atoms with Crippen molar-refractivity contribution in [1.29, 1.82) is 0 Å². The van der Waals surface area contributed by atoms with Crippen LogP contribution in [0.15, 0.2) is 128 Å². The van der Waals surface area contributed by atoms with Gasteiger partial charge >= 0.3 is 0 Å². The molecule has 0 bridgehead atoms. The van der Waals surface area contributed by atoms with E-state index in [1.54, 1.807) is 18.6 Å². The van der Waals surface area contributed by atoms with Crippen LogP contribution in [0.1, 0.15) is 0 Å². The van der Waals surface area contributed by atoms with Crippen molar-refractivity contribution in [2.45, 2.75) is 0 Å². The molecule has 0 saturated heterocycles. The molecule has 5 aromatic heterocycles. The van der Waals surface area contributed by atoms with Crippen molar-refractivity contribution in [1.82, 2.24) is 24.9 Å². The normalized spacial score (nSPS) is 10.8. The second-order valence-corrected chi connectivity index (χ2v) is 8.40. The van der Waals surface area contributed by atoms with E-state index in [1.807, 2.05) is 73.4 Å². The molecule has 0 aliphatic heterocycles. The maximum atomic E-state index is 4.52. The zero-order valence-corrected chi connectivity index (χ0v) is 19.4. The first kappa shape index (κ1) is 21.5. The lowest BCUT2D eigenvalue weighted by atomic mass is 9.94. The second kappa shape index (κ2) is 9.68. The molecule has 0 radical (unpaired) electrons. The van der Waals surface area contributed by atoms with Crippen molar-refractivity contribution in [3.05, 3.63) is 128 Å². The molecule has 5 nitrogen and oxygen atoms in total. The lowest BCUT2D eigenvalue weighted by Crippen LogP contribution is -1.90. The van der Waals surface area contributed by atoms with Gasteiger partial charge in [0.2, 0.25) is 0 Å². The molecule has 6 rings (SSSR count). The highest BCUT2D eigenvalue weighted by Crippen LogP contribution is 2.34. The molecular formula is C31H21N5. The lowest BCUT2D eigenvalue weighted by Gasteiger charge is -2.12. The van der Waals surface area contributed by atoms with E-state index in [2.05, 4.69) is 61.3 Å². The summed E-state index contributed by atoms with van der Waals surface area (Å²) in [5.41, 5.74) is 9.98. The number of rotatable bonds is 5. The first-order valence-corrected chi connectivity index (χ1v) is 11.6. The molecule has 0 spiro atoms. The van der Waals surface area contributed by atoms with Gasteiger partial charge in [0, 0.05) is 77.4 Å². The Labute approximate surface area is 209 Å². The van der Waals surface area contributed by atoms with Crippen LogP contribution in [0.4, 0.5) is 0 Å². The van der Waals surface area contributed by atoms with Crippen LogP contribution >= 0.6 is 0 Å². The van der Waals surface area contributed by atoms with Gasteiger partial charge in [-0.25, -0.2) is 0 Å². The number of benzene rings is 1. The summed E-state index contributed by atoms with van der Waals surface area (Å²) in [4.78, 5) is 22.4. The van der Waals surface area contributed by atoms with E-state index in [0.29, 0.717) is 0 Å². The molecule has 5 heteroatoms. The minimum Gasteiger partial charge on any atom is -0.264 e. The van der Waals surface area contributed by atoms with E-state index < -0.39 is 0 Å². The molecule has 0 N–H and O–H groups in total. The average Bonchev–Trinajstić information content (AvgIpc) is 2.98. The molecule has 36 heavy (non-hydrogen) atoms. The summed E-state index contributed by atoms with van der Waals surface area (Å²) < 4.78 is 0. The molecule has 0 atom stereocenters. The van der Waals surface area contributed by atoms with Crippen LogP contribution in [0.3, 0.4) is 0 Å². The van der Waals surface area contributed by atoms with Crippen LogP contribution < -0.4 is 0 Å². The first-order chi connectivity index (χ1) is 17.8. The van der Waals surface area contributed by atoms with Gasteiger partial charge in [-0.1, -0.05) is 18.2 Å². The Bertz CT molecular complexity index is 1520. The number of aromatic nitrogens is 5. The Kier molecular flexibility index (Phi) is 5.78. The summed E-state index contributed by atoms with van der Waals surface area (Å²) >= 11 is 0. The summed E-state index contributed by atoms with van der Waals surface area (Å²) in [5.74, 6) is 0. The zero-order valence-electron chi connectivity index (χ0n) is 19.4. The van der Waals surface area contributed by atoms with Gasteiger partial charge in [-0.15, -0.1) is 0 Å². The monoisotopic (exact) mass is 463 g/mol. The molecule has 0 amide bonds. The Morgan fingerprint density at radius 2 is 0.806 bits per heavy atom. The molecule has 0 saturated carbocycles. The number of pyridine rings is 5. The second-order valence-electron chi connectivity index (χ2n) is 8.40. The zero-order chi connectivity index (χ0) is 24.2. The van der Waals surface area contributed by atoms with Gasteiger partial charge in [-0.05, 0) is 77.4 Å². The smallest absolute Gasteiger partial charge is 0.0717 e. The maximum Gasteiger partial charge on any atom is 0.0717 e. The number of nitrogens with zero attached hydrogens (tertiary/aromatic N) is 5. The SMILES string of the molecule is c1ccc(-c2cncc(-c3cc(-c4cccnc4)cc(-c4cncc(-c5ccccn5)c4)c3)c2)nc1. The average molecular weight is 464 g/mol. The van der Waals surface area contributed by atoms with Crippen molar-refractivity contribution < 1.29 is 0 Å². The number of hydrogen-bond acceptors (Lipinski definition) is 5. The topological polar surface area (TPSA) is 64.5 Å². The van der Waals surface area contributed by atoms with Crippen molar-refractivity contribution in [2.24, 2.45) is 0 Å². The van der Waals surface area contributed by atoms with Crippen LogP contribution in [0.2, 0.25) is 0 Å². The van der Waals surface area contributed by atoms with Gasteiger partial charge in [-0.3, -0.25) is 24.9 Å². The van der Waals surface area contributed by atoms with Crippen molar-refractivity contribution in [2.75, 3.05) is 0 Å². The summed E-state index contributed by atoms with van der Waals surface area (Å²) in [7, 11) is 0. The van der Waals surface area contributed by atoms with Gasteiger partial charge in [0.1, 0.15) is 0 Å². The Balaban J connectivity index is 1.50. The van der Waals surface area contributed by atoms with E-state index in [-0.39, 0.29) is 0 Å². The molecular weight excluding hydrogens is 442 g/mol. The van der Waals surface area contributed by atoms with E-state index in [1.165, 1.54) is 0 Å². The molecule has 0 fully saturated rings. The molecule has 0 unspecified atom stereocenters. The fourth-order valence-corrected chi connectivity index (χ4v) is 4.20. The minimum absolute atomic E-state index is 0.891. The van der Waals surface area contributed by atoms with E-state index in [0.717, 1.165) is 55.9 Å². The predicted octanol–water partition coefficient (Wildman–Crippen LogP) is 7.00. The van der Waals surface area contributed by atoms with Crippen molar-refractivity contribution >= 4 is 0 Å². The quantitative estimate of drug-likeness (QED) is 0.275. The highest BCUT2D eigenvalue weighted by Gasteiger charge is 2.11. The van der Waals surface area contributed by atoms with E-state index in [9.17, 15) is 0 Å². The third-order valence-corrected chi connectivity index (χ3v) is 5.99. The Hall–Kier alpha value is -5.03. The maximum absolute atomic E-state index is 4.52. The summed E-state index contributed by atoms with van der Waals surface area (Å²) in [6, 6.07) is 26.6. The molecule has 170 valence electrons. The third-order valence-electron chi connectivity index (χ3n) is 5.99. The van der Waals surface area contributed by atoms with Crippen molar-refractivity contribution in [3.63, 3.8) is 0 Å². The fourth-order valence-electron chi connectivity index (χ4n) is 4.20. The van der Waals surface area contributed by atoms with E-state index in [4.69, 9.17) is 0 Å². The number of hydrogen-bond donors (Lipinski definition) is 0. The van der Waals surface area contributed by atoms with Gasteiger partial charge in [0.15, 0.2) is 0 Å². The lowest BCUT2D eigenvalue weighted by molar-refractivity contribution is 1.27. The van der Waals surface area contributed by atoms with Crippen LogP contribution in [0, 0.1) is 0 Å². The third kappa shape index (κ3) is 4.50. The molecule has 6 aromatic rings. The molecule has 0 aliphatic rings. The summed E-state index contributed by atoms with van der Waals surface area (Å²) in [6.45, 7) is 0. The standard InChI is InChI=1S/C31H21N5/c1-3-10-35-30(7-1)28-15-26(18-33-20-28)24-12-23(22-6-5-9-32-17-22)13-25(14-24)27-16-29(21-34-19-27)31-8-2-4-11-36-31/h1-21H. The molecule has 5 heterocycles. The van der Waals surface area contributed by atoms with Crippen LogP contribution in [0.5, 0.6) is 0 Å². The highest BCUT2D eigenvalue weighted by atomic mass is 14.7. The largest absolute Gasteiger partial charge is 0.264 e. The van der Waals surface area contributed by atoms with Crippen molar-refractivity contribution in [3.8, 4) is 55.9 Å². The Morgan fingerprint density at radius 3 is 1.28 bits per heavy atom. The van der Waals surface area contributed by atoms with Gasteiger partial charge in [0.25, 0.3) is 0 Å². The predicted molar refractivity (Wildman–Crippen MR) is 143 cm³/mol. The summed E-state index contributed by atoms with van der Waals surface area (Å²) in [5, 5.41) is 0. The molecule has 0 aliphatic carbocycles. The van der Waals surface area contributed by atoms with E-state index >= 15 is 0 Å². The van der Waals surface area contributed by atoms with Gasteiger partial charge in [0.05, 0.1) is 11.4 Å². The minimum atomic E-state index is 0.891. The fraction of sp³-hybridized carbons (Fsp3) is 0. The van der Waals surface area contributed by atoms with Crippen LogP contribution in [0.25, 0.3) is 55.9 Å². The molecule has 1 aromatic carbocycles. The first-order valence-electron chi connectivity index (χ1n) is 11.6. The summed E-state index contributed by atoms with van der Waals surface area (Å²) in [6.07, 6.45) is 14.7. The Morgan fingerprint density at radius 1 is 0.333 bits per heavy atom. The van der Waals surface area contributed by atoms with Gasteiger partial charge in [-0.2, -0.15) is 0 Å². The van der Waals surface area contributed by atoms with Crippen LogP contribution in [-0.4, -0.2) is 24.9 Å². The van der Waals surface area contributed by atoms with Gasteiger partial charge < -0.3 is 0 Å². The van der Waals surface area contributed by atoms with Crippen LogP contribution in [-0.2, 0) is 0 Å².